The highest BCUT2D eigenvalue weighted by Crippen LogP contribution is 2.17. The zero-order valence-corrected chi connectivity index (χ0v) is 10.2. The van der Waals surface area contributed by atoms with E-state index in [4.69, 9.17) is 10.00 Å². The van der Waals surface area contributed by atoms with Crippen LogP contribution in [0.25, 0.3) is 0 Å². The topological polar surface area (TPSA) is 36.3 Å². The van der Waals surface area contributed by atoms with Crippen LogP contribution in [0.1, 0.15) is 18.1 Å². The number of nitrogens with zero attached hydrogens (tertiary/aromatic N) is 2. The van der Waals surface area contributed by atoms with E-state index < -0.39 is 0 Å². The third kappa shape index (κ3) is 3.25. The predicted octanol–water partition coefficient (Wildman–Crippen LogP) is 2.34. The van der Waals surface area contributed by atoms with E-state index in [2.05, 4.69) is 11.0 Å². The fraction of sp³-hybridized carbons (Fsp3) is 0.462. The molecule has 0 radical (unpaired) electrons. The molecule has 0 aliphatic heterocycles. The minimum atomic E-state index is 0.728. The molecule has 1 aromatic rings. The molecule has 0 saturated heterocycles. The Morgan fingerprint density at radius 2 is 2.19 bits per heavy atom. The van der Waals surface area contributed by atoms with Gasteiger partial charge in [-0.15, -0.1) is 0 Å². The summed E-state index contributed by atoms with van der Waals surface area (Å²) in [6, 6.07) is 8.04. The molecule has 0 unspecified atom stereocenters. The Balaban J connectivity index is 2.66. The first-order valence-corrected chi connectivity index (χ1v) is 5.48. The molecular weight excluding hydrogens is 200 g/mol. The Hall–Kier alpha value is -1.53. The largest absolute Gasteiger partial charge is 0.380 e. The van der Waals surface area contributed by atoms with Gasteiger partial charge in [0.2, 0.25) is 0 Å². The molecule has 0 saturated carbocycles. The summed E-state index contributed by atoms with van der Waals surface area (Å²) in [5.41, 5.74) is 2.88. The highest BCUT2D eigenvalue weighted by molar-refractivity contribution is 5.52. The highest BCUT2D eigenvalue weighted by Gasteiger charge is 2.03. The molecule has 0 heterocycles. The van der Waals surface area contributed by atoms with Crippen LogP contribution < -0.4 is 4.90 Å². The molecule has 0 fully saturated rings. The molecule has 86 valence electrons. The molecule has 0 N–H and O–H groups in total. The van der Waals surface area contributed by atoms with Crippen molar-refractivity contribution in [3.05, 3.63) is 29.3 Å². The Labute approximate surface area is 97.3 Å². The quantitative estimate of drug-likeness (QED) is 0.712. The van der Waals surface area contributed by atoms with Crippen molar-refractivity contribution in [1.29, 1.82) is 5.26 Å². The summed E-state index contributed by atoms with van der Waals surface area (Å²) in [6.07, 6.45) is 0. The Kier molecular flexibility index (Phi) is 4.81. The molecule has 0 bridgehead atoms. The second kappa shape index (κ2) is 6.14. The molecule has 3 nitrogen and oxygen atoms in total. The molecule has 1 rings (SSSR count). The fourth-order valence-corrected chi connectivity index (χ4v) is 1.49. The minimum absolute atomic E-state index is 0.728. The van der Waals surface area contributed by atoms with E-state index in [-0.39, 0.29) is 0 Å². The van der Waals surface area contributed by atoms with Gasteiger partial charge in [-0.25, -0.2) is 0 Å². The number of aryl methyl sites for hydroxylation is 1. The summed E-state index contributed by atoms with van der Waals surface area (Å²) in [5.74, 6) is 0. The first-order chi connectivity index (χ1) is 7.69. The SMILES string of the molecule is CCOCCN(C)c1ccc(C#N)c(C)c1. The fourth-order valence-electron chi connectivity index (χ4n) is 1.49. The van der Waals surface area contributed by atoms with E-state index >= 15 is 0 Å². The van der Waals surface area contributed by atoms with Gasteiger partial charge in [-0.1, -0.05) is 0 Å². The maximum absolute atomic E-state index is 8.84. The van der Waals surface area contributed by atoms with E-state index in [0.29, 0.717) is 0 Å². The van der Waals surface area contributed by atoms with Crippen molar-refractivity contribution in [3.8, 4) is 6.07 Å². The summed E-state index contributed by atoms with van der Waals surface area (Å²) >= 11 is 0. The molecule has 0 amide bonds. The van der Waals surface area contributed by atoms with Crippen LogP contribution in [-0.4, -0.2) is 26.8 Å². The van der Waals surface area contributed by atoms with Crippen molar-refractivity contribution in [3.63, 3.8) is 0 Å². The minimum Gasteiger partial charge on any atom is -0.380 e. The first kappa shape index (κ1) is 12.5. The summed E-state index contributed by atoms with van der Waals surface area (Å²) < 4.78 is 5.31. The van der Waals surface area contributed by atoms with Gasteiger partial charge in [0.05, 0.1) is 18.2 Å². The third-order valence-electron chi connectivity index (χ3n) is 2.55. The van der Waals surface area contributed by atoms with Crippen LogP contribution in [-0.2, 0) is 4.74 Å². The standard InChI is InChI=1S/C13H18N2O/c1-4-16-8-7-15(3)13-6-5-12(10-14)11(2)9-13/h5-6,9H,4,7-8H2,1-3H3. The summed E-state index contributed by atoms with van der Waals surface area (Å²) in [7, 11) is 2.03. The Morgan fingerprint density at radius 1 is 1.44 bits per heavy atom. The molecule has 3 heteroatoms. The lowest BCUT2D eigenvalue weighted by Gasteiger charge is -2.19. The average Bonchev–Trinajstić information content (AvgIpc) is 2.29. The summed E-state index contributed by atoms with van der Waals surface area (Å²) in [6.45, 7) is 6.29. The number of benzene rings is 1. The Morgan fingerprint density at radius 3 is 2.75 bits per heavy atom. The van der Waals surface area contributed by atoms with Crippen LogP contribution in [0.3, 0.4) is 0 Å². The van der Waals surface area contributed by atoms with Gasteiger partial charge in [-0.05, 0) is 37.6 Å². The molecule has 0 aliphatic carbocycles. The number of hydrogen-bond donors (Lipinski definition) is 0. The summed E-state index contributed by atoms with van der Waals surface area (Å²) in [5, 5.41) is 8.84. The molecule has 0 aromatic heterocycles. The smallest absolute Gasteiger partial charge is 0.0994 e. The zero-order valence-electron chi connectivity index (χ0n) is 10.2. The lowest BCUT2D eigenvalue weighted by atomic mass is 10.1. The zero-order chi connectivity index (χ0) is 12.0. The van der Waals surface area contributed by atoms with Gasteiger partial charge in [0.15, 0.2) is 0 Å². The van der Waals surface area contributed by atoms with Gasteiger partial charge >= 0.3 is 0 Å². The first-order valence-electron chi connectivity index (χ1n) is 5.48. The Bertz CT molecular complexity index is 382. The molecular formula is C13H18N2O. The van der Waals surface area contributed by atoms with Crippen molar-refractivity contribution >= 4 is 5.69 Å². The van der Waals surface area contributed by atoms with Crippen LogP contribution in [0, 0.1) is 18.3 Å². The monoisotopic (exact) mass is 218 g/mol. The lowest BCUT2D eigenvalue weighted by molar-refractivity contribution is 0.154. The van der Waals surface area contributed by atoms with Crippen LogP contribution in [0.5, 0.6) is 0 Å². The van der Waals surface area contributed by atoms with Gasteiger partial charge in [0.1, 0.15) is 0 Å². The lowest BCUT2D eigenvalue weighted by Crippen LogP contribution is -2.22. The van der Waals surface area contributed by atoms with E-state index in [0.717, 1.165) is 36.6 Å². The van der Waals surface area contributed by atoms with Crippen molar-refractivity contribution in [2.24, 2.45) is 0 Å². The van der Waals surface area contributed by atoms with Gasteiger partial charge < -0.3 is 9.64 Å². The van der Waals surface area contributed by atoms with Crippen LogP contribution >= 0.6 is 0 Å². The number of ether oxygens (including phenoxy) is 1. The molecule has 1 aromatic carbocycles. The predicted molar refractivity (Wildman–Crippen MR) is 65.7 cm³/mol. The second-order valence-corrected chi connectivity index (χ2v) is 3.73. The van der Waals surface area contributed by atoms with E-state index in [1.807, 2.05) is 39.1 Å². The van der Waals surface area contributed by atoms with Crippen molar-refractivity contribution in [2.75, 3.05) is 31.7 Å². The maximum atomic E-state index is 8.84. The molecule has 0 spiro atoms. The normalized spacial score (nSPS) is 9.88. The summed E-state index contributed by atoms with van der Waals surface area (Å²) in [4.78, 5) is 2.13. The van der Waals surface area contributed by atoms with E-state index in [1.54, 1.807) is 0 Å². The van der Waals surface area contributed by atoms with Crippen molar-refractivity contribution in [1.82, 2.24) is 0 Å². The molecule has 0 aliphatic rings. The van der Waals surface area contributed by atoms with Gasteiger partial charge in [-0.2, -0.15) is 5.26 Å². The van der Waals surface area contributed by atoms with Gasteiger partial charge in [0, 0.05) is 25.9 Å². The average molecular weight is 218 g/mol. The van der Waals surface area contributed by atoms with Crippen molar-refractivity contribution < 1.29 is 4.74 Å². The number of anilines is 1. The van der Waals surface area contributed by atoms with Crippen molar-refractivity contribution in [2.45, 2.75) is 13.8 Å². The second-order valence-electron chi connectivity index (χ2n) is 3.73. The van der Waals surface area contributed by atoms with Crippen LogP contribution in [0.2, 0.25) is 0 Å². The number of nitriles is 1. The molecule has 0 atom stereocenters. The number of likely N-dealkylation sites (N-methyl/N-ethyl adjacent to an activating group) is 1. The van der Waals surface area contributed by atoms with Crippen LogP contribution in [0.15, 0.2) is 18.2 Å². The molecule has 16 heavy (non-hydrogen) atoms. The highest BCUT2D eigenvalue weighted by atomic mass is 16.5. The third-order valence-corrected chi connectivity index (χ3v) is 2.55. The van der Waals surface area contributed by atoms with E-state index in [9.17, 15) is 0 Å². The van der Waals surface area contributed by atoms with Crippen LogP contribution in [0.4, 0.5) is 5.69 Å². The number of hydrogen-bond acceptors (Lipinski definition) is 3. The van der Waals surface area contributed by atoms with Gasteiger partial charge in [0.25, 0.3) is 0 Å². The van der Waals surface area contributed by atoms with Gasteiger partial charge in [-0.3, -0.25) is 0 Å². The van der Waals surface area contributed by atoms with E-state index in [1.165, 1.54) is 0 Å². The number of rotatable bonds is 5. The maximum Gasteiger partial charge on any atom is 0.0994 e.